The van der Waals surface area contributed by atoms with Crippen molar-refractivity contribution in [2.75, 3.05) is 17.2 Å². The summed E-state index contributed by atoms with van der Waals surface area (Å²) in [4.78, 5) is 9.63. The van der Waals surface area contributed by atoms with Crippen molar-refractivity contribution in [3.63, 3.8) is 0 Å². The van der Waals surface area contributed by atoms with Crippen molar-refractivity contribution < 1.29 is 4.92 Å². The maximum absolute atomic E-state index is 10.1. The molecule has 0 fully saturated rings. The normalized spacial score (nSPS) is 10.4. The Hall–Kier alpha value is -2.82. The first-order valence-corrected chi connectivity index (χ1v) is 6.20. The molecule has 102 valence electrons. The monoisotopic (exact) mass is 269 g/mol. The molecule has 2 rings (SSSR count). The van der Waals surface area contributed by atoms with Crippen LogP contribution in [0.25, 0.3) is 0 Å². The van der Waals surface area contributed by atoms with Gasteiger partial charge in [0.15, 0.2) is 0 Å². The average Bonchev–Trinajstić information content (AvgIpc) is 2.46. The maximum atomic E-state index is 10.1. The van der Waals surface area contributed by atoms with Gasteiger partial charge >= 0.3 is 0 Å². The van der Waals surface area contributed by atoms with Gasteiger partial charge in [0.2, 0.25) is 6.20 Å². The SMILES string of the molecule is O=[N+]([O-])C=CCNc1ccc(Nc2ccccc2)cc1. The summed E-state index contributed by atoms with van der Waals surface area (Å²) >= 11 is 0. The highest BCUT2D eigenvalue weighted by Gasteiger charge is 1.95. The summed E-state index contributed by atoms with van der Waals surface area (Å²) in [6, 6.07) is 17.6. The summed E-state index contributed by atoms with van der Waals surface area (Å²) in [5, 5.41) is 16.5. The largest absolute Gasteiger partial charge is 0.381 e. The van der Waals surface area contributed by atoms with Crippen LogP contribution in [0.3, 0.4) is 0 Å². The zero-order valence-electron chi connectivity index (χ0n) is 10.8. The standard InChI is InChI=1S/C15H15N3O2/c19-18(20)12-4-11-16-13-7-9-15(10-8-13)17-14-5-2-1-3-6-14/h1-10,12,16-17H,11H2. The number of hydrogen-bond donors (Lipinski definition) is 2. The molecule has 0 spiro atoms. The van der Waals surface area contributed by atoms with Crippen LogP contribution < -0.4 is 10.6 Å². The summed E-state index contributed by atoms with van der Waals surface area (Å²) in [5.74, 6) is 0. The zero-order valence-corrected chi connectivity index (χ0v) is 10.8. The molecule has 0 heterocycles. The summed E-state index contributed by atoms with van der Waals surface area (Å²) in [7, 11) is 0. The molecule has 0 atom stereocenters. The molecule has 0 bridgehead atoms. The summed E-state index contributed by atoms with van der Waals surface area (Å²) < 4.78 is 0. The van der Waals surface area contributed by atoms with Crippen LogP contribution in [0.2, 0.25) is 0 Å². The Labute approximate surface area is 117 Å². The third kappa shape index (κ3) is 4.45. The molecule has 0 amide bonds. The minimum atomic E-state index is -0.478. The van der Waals surface area contributed by atoms with Gasteiger partial charge in [-0.2, -0.15) is 0 Å². The number of nitrogens with one attached hydrogen (secondary N) is 2. The first-order chi connectivity index (χ1) is 9.74. The number of hydrogen-bond acceptors (Lipinski definition) is 4. The molecule has 0 saturated carbocycles. The Balaban J connectivity index is 1.88. The highest BCUT2D eigenvalue weighted by Crippen LogP contribution is 2.18. The van der Waals surface area contributed by atoms with E-state index in [1.54, 1.807) is 0 Å². The topological polar surface area (TPSA) is 67.2 Å². The van der Waals surface area contributed by atoms with Gasteiger partial charge in [-0.05, 0) is 36.4 Å². The summed E-state index contributed by atoms with van der Waals surface area (Å²) in [6.07, 6.45) is 2.40. The van der Waals surface area contributed by atoms with Gasteiger partial charge < -0.3 is 10.6 Å². The first kappa shape index (κ1) is 13.6. The molecular weight excluding hydrogens is 254 g/mol. The minimum Gasteiger partial charge on any atom is -0.381 e. The van der Waals surface area contributed by atoms with Gasteiger partial charge in [-0.3, -0.25) is 10.1 Å². The van der Waals surface area contributed by atoms with Gasteiger partial charge in [0, 0.05) is 29.7 Å². The van der Waals surface area contributed by atoms with Gasteiger partial charge in [0.05, 0.1) is 4.92 Å². The molecule has 0 saturated heterocycles. The van der Waals surface area contributed by atoms with E-state index in [1.807, 2.05) is 54.6 Å². The van der Waals surface area contributed by atoms with Crippen molar-refractivity contribution in [1.29, 1.82) is 0 Å². The van der Waals surface area contributed by atoms with E-state index in [4.69, 9.17) is 0 Å². The second-order valence-corrected chi connectivity index (χ2v) is 4.12. The highest BCUT2D eigenvalue weighted by atomic mass is 16.6. The minimum absolute atomic E-state index is 0.423. The molecule has 5 heteroatoms. The lowest BCUT2D eigenvalue weighted by atomic mass is 10.2. The van der Waals surface area contributed by atoms with Crippen LogP contribution in [-0.2, 0) is 0 Å². The van der Waals surface area contributed by atoms with E-state index in [1.165, 1.54) is 6.08 Å². The van der Waals surface area contributed by atoms with Crippen LogP contribution >= 0.6 is 0 Å². The Bertz CT molecular complexity index is 580. The van der Waals surface area contributed by atoms with E-state index in [-0.39, 0.29) is 0 Å². The molecule has 0 aliphatic rings. The number of benzene rings is 2. The van der Waals surface area contributed by atoms with E-state index in [0.29, 0.717) is 6.54 Å². The van der Waals surface area contributed by atoms with Crippen molar-refractivity contribution >= 4 is 17.1 Å². The predicted molar refractivity (Wildman–Crippen MR) is 80.8 cm³/mol. The van der Waals surface area contributed by atoms with E-state index in [9.17, 15) is 10.1 Å². The molecule has 20 heavy (non-hydrogen) atoms. The molecule has 0 unspecified atom stereocenters. The van der Waals surface area contributed by atoms with Crippen LogP contribution in [0.15, 0.2) is 66.9 Å². The van der Waals surface area contributed by atoms with Crippen LogP contribution in [0.5, 0.6) is 0 Å². The highest BCUT2D eigenvalue weighted by molar-refractivity contribution is 5.62. The number of nitro groups is 1. The van der Waals surface area contributed by atoms with Crippen molar-refractivity contribution in [3.05, 3.63) is 77.0 Å². The quantitative estimate of drug-likeness (QED) is 0.620. The lowest BCUT2D eigenvalue weighted by molar-refractivity contribution is -0.402. The van der Waals surface area contributed by atoms with Crippen molar-refractivity contribution in [3.8, 4) is 0 Å². The number of para-hydroxylation sites is 1. The molecular formula is C15H15N3O2. The number of anilines is 3. The molecule has 2 aromatic rings. The second kappa shape index (κ2) is 6.94. The zero-order chi connectivity index (χ0) is 14.2. The van der Waals surface area contributed by atoms with E-state index in [2.05, 4.69) is 10.6 Å². The Morgan fingerprint density at radius 2 is 1.55 bits per heavy atom. The van der Waals surface area contributed by atoms with Gasteiger partial charge in [-0.25, -0.2) is 0 Å². The number of rotatable bonds is 6. The lowest BCUT2D eigenvalue weighted by Crippen LogP contribution is -1.99. The van der Waals surface area contributed by atoms with Crippen LogP contribution in [-0.4, -0.2) is 11.5 Å². The summed E-state index contributed by atoms with van der Waals surface area (Å²) in [5.41, 5.74) is 2.93. The smallest absolute Gasteiger partial charge is 0.232 e. The second-order valence-electron chi connectivity index (χ2n) is 4.12. The predicted octanol–water partition coefficient (Wildman–Crippen LogP) is 3.63. The molecule has 5 nitrogen and oxygen atoms in total. The van der Waals surface area contributed by atoms with Crippen LogP contribution in [0, 0.1) is 10.1 Å². The third-order valence-corrected chi connectivity index (χ3v) is 2.60. The van der Waals surface area contributed by atoms with Gasteiger partial charge in [-0.15, -0.1) is 0 Å². The van der Waals surface area contributed by atoms with Gasteiger partial charge in [0.1, 0.15) is 0 Å². The maximum Gasteiger partial charge on any atom is 0.232 e. The fourth-order valence-electron chi connectivity index (χ4n) is 1.68. The molecule has 0 aliphatic carbocycles. The van der Waals surface area contributed by atoms with Gasteiger partial charge in [0.25, 0.3) is 0 Å². The number of nitrogens with zero attached hydrogens (tertiary/aromatic N) is 1. The summed E-state index contributed by atoms with van der Waals surface area (Å²) in [6.45, 7) is 0.423. The fraction of sp³-hybridized carbons (Fsp3) is 0.0667. The van der Waals surface area contributed by atoms with E-state index < -0.39 is 4.92 Å². The molecule has 2 N–H and O–H groups in total. The molecule has 2 aromatic carbocycles. The fourth-order valence-corrected chi connectivity index (χ4v) is 1.68. The Morgan fingerprint density at radius 3 is 2.20 bits per heavy atom. The Kier molecular flexibility index (Phi) is 4.72. The van der Waals surface area contributed by atoms with Gasteiger partial charge in [-0.1, -0.05) is 18.2 Å². The Morgan fingerprint density at radius 1 is 0.950 bits per heavy atom. The van der Waals surface area contributed by atoms with Crippen LogP contribution in [0.4, 0.5) is 17.1 Å². The first-order valence-electron chi connectivity index (χ1n) is 6.20. The van der Waals surface area contributed by atoms with Crippen molar-refractivity contribution in [2.45, 2.75) is 0 Å². The molecule has 0 aromatic heterocycles. The van der Waals surface area contributed by atoms with Crippen molar-refractivity contribution in [2.24, 2.45) is 0 Å². The van der Waals surface area contributed by atoms with E-state index >= 15 is 0 Å². The third-order valence-electron chi connectivity index (χ3n) is 2.60. The molecule has 0 aliphatic heterocycles. The lowest BCUT2D eigenvalue weighted by Gasteiger charge is -2.08. The van der Waals surface area contributed by atoms with Crippen LogP contribution in [0.1, 0.15) is 0 Å². The molecule has 0 radical (unpaired) electrons. The van der Waals surface area contributed by atoms with Crippen molar-refractivity contribution in [1.82, 2.24) is 0 Å². The average molecular weight is 269 g/mol. The van der Waals surface area contributed by atoms with E-state index in [0.717, 1.165) is 23.3 Å².